The lowest BCUT2D eigenvalue weighted by molar-refractivity contribution is -0.0258. The van der Waals surface area contributed by atoms with E-state index in [1.807, 2.05) is 12.1 Å². The zero-order chi connectivity index (χ0) is 20.3. The summed E-state index contributed by atoms with van der Waals surface area (Å²) in [4.78, 5) is 19.4. The fourth-order valence-electron chi connectivity index (χ4n) is 2.91. The molecule has 1 aliphatic heterocycles. The predicted octanol–water partition coefficient (Wildman–Crippen LogP) is 2.74. The van der Waals surface area contributed by atoms with Crippen molar-refractivity contribution in [1.29, 1.82) is 0 Å². The maximum Gasteiger partial charge on any atom is 0.264 e. The number of morpholine rings is 1. The third kappa shape index (κ3) is 4.37. The van der Waals surface area contributed by atoms with Gasteiger partial charge in [-0.05, 0) is 42.0 Å². The zero-order valence-electron chi connectivity index (χ0n) is 15.5. The lowest BCUT2D eigenvalue weighted by Gasteiger charge is -2.33. The minimum absolute atomic E-state index is 0.0504. The maximum absolute atomic E-state index is 12.8. The summed E-state index contributed by atoms with van der Waals surface area (Å²) in [5.74, 6) is -0.175. The van der Waals surface area contributed by atoms with Crippen molar-refractivity contribution in [3.8, 4) is 0 Å². The quantitative estimate of drug-likeness (QED) is 0.690. The Bertz CT molecular complexity index is 932. The molecule has 1 aliphatic rings. The highest BCUT2D eigenvalue weighted by Gasteiger charge is 2.27. The monoisotopic (exact) mass is 424 g/mol. The minimum atomic E-state index is -3.75. The number of benzene rings is 2. The van der Waals surface area contributed by atoms with Crippen LogP contribution in [0.4, 0.5) is 0 Å². The van der Waals surface area contributed by atoms with Crippen LogP contribution in [0.1, 0.15) is 22.0 Å². The predicted molar refractivity (Wildman–Crippen MR) is 104 cm³/mol. The van der Waals surface area contributed by atoms with Gasteiger partial charge in [-0.25, -0.2) is 8.42 Å². The number of hydroxylamine groups is 1. The van der Waals surface area contributed by atoms with Gasteiger partial charge in [0.15, 0.2) is 0 Å². The molecule has 9 heteroatoms. The second kappa shape index (κ2) is 8.59. The number of hydrogen-bond acceptors (Lipinski definition) is 5. The Morgan fingerprint density at radius 2 is 1.82 bits per heavy atom. The van der Waals surface area contributed by atoms with Gasteiger partial charge in [-0.1, -0.05) is 28.2 Å². The SMILES string of the molecule is CON(C)S(=O)(=O)c1ccc(C(=O)N2CCOC(c3ccc(Cl)cc3)C2)cc1. The molecule has 1 fully saturated rings. The first-order valence-electron chi connectivity index (χ1n) is 8.62. The Kier molecular flexibility index (Phi) is 6.36. The molecule has 1 heterocycles. The van der Waals surface area contributed by atoms with Crippen LogP contribution in [-0.2, 0) is 19.6 Å². The molecule has 0 N–H and O–H groups in total. The summed E-state index contributed by atoms with van der Waals surface area (Å²) in [6, 6.07) is 13.1. The van der Waals surface area contributed by atoms with Crippen LogP contribution in [0.25, 0.3) is 0 Å². The van der Waals surface area contributed by atoms with Gasteiger partial charge in [0.25, 0.3) is 15.9 Å². The molecule has 7 nitrogen and oxygen atoms in total. The van der Waals surface area contributed by atoms with Gasteiger partial charge in [0.2, 0.25) is 0 Å². The number of amides is 1. The molecular weight excluding hydrogens is 404 g/mol. The summed E-state index contributed by atoms with van der Waals surface area (Å²) < 4.78 is 31.1. The van der Waals surface area contributed by atoms with E-state index in [0.717, 1.165) is 10.0 Å². The van der Waals surface area contributed by atoms with Gasteiger partial charge in [-0.2, -0.15) is 0 Å². The van der Waals surface area contributed by atoms with Crippen molar-refractivity contribution in [2.75, 3.05) is 33.9 Å². The van der Waals surface area contributed by atoms with E-state index < -0.39 is 10.0 Å². The maximum atomic E-state index is 12.8. The summed E-state index contributed by atoms with van der Waals surface area (Å²) in [6.45, 7) is 1.30. The average Bonchev–Trinajstić information content (AvgIpc) is 2.73. The van der Waals surface area contributed by atoms with Crippen molar-refractivity contribution in [3.63, 3.8) is 0 Å². The zero-order valence-corrected chi connectivity index (χ0v) is 17.1. The molecule has 150 valence electrons. The second-order valence-electron chi connectivity index (χ2n) is 6.28. The number of halogens is 1. The molecule has 0 radical (unpaired) electrons. The summed E-state index contributed by atoms with van der Waals surface area (Å²) in [6.07, 6.45) is -0.232. The highest BCUT2D eigenvalue weighted by atomic mass is 35.5. The first kappa shape index (κ1) is 20.8. The van der Waals surface area contributed by atoms with E-state index in [1.54, 1.807) is 17.0 Å². The second-order valence-corrected chi connectivity index (χ2v) is 8.66. The van der Waals surface area contributed by atoms with E-state index in [1.165, 1.54) is 38.4 Å². The van der Waals surface area contributed by atoms with Crippen molar-refractivity contribution in [2.45, 2.75) is 11.0 Å². The van der Waals surface area contributed by atoms with Crippen LogP contribution in [0.3, 0.4) is 0 Å². The lowest BCUT2D eigenvalue weighted by Crippen LogP contribution is -2.42. The van der Waals surface area contributed by atoms with Gasteiger partial charge in [-0.3, -0.25) is 9.63 Å². The molecule has 2 aromatic rings. The average molecular weight is 425 g/mol. The number of nitrogens with zero attached hydrogens (tertiary/aromatic N) is 2. The van der Waals surface area contributed by atoms with Gasteiger partial charge in [0, 0.05) is 24.2 Å². The van der Waals surface area contributed by atoms with Gasteiger partial charge in [-0.15, -0.1) is 0 Å². The molecule has 1 atom stereocenters. The molecule has 1 amide bonds. The van der Waals surface area contributed by atoms with Crippen LogP contribution in [-0.4, -0.2) is 57.5 Å². The van der Waals surface area contributed by atoms with Crippen LogP contribution < -0.4 is 0 Å². The van der Waals surface area contributed by atoms with Crippen LogP contribution in [0.5, 0.6) is 0 Å². The van der Waals surface area contributed by atoms with Crippen molar-refractivity contribution < 1.29 is 22.8 Å². The van der Waals surface area contributed by atoms with Gasteiger partial charge in [0.1, 0.15) is 6.10 Å². The highest BCUT2D eigenvalue weighted by Crippen LogP contribution is 2.25. The first-order chi connectivity index (χ1) is 13.3. The summed E-state index contributed by atoms with van der Waals surface area (Å²) in [7, 11) is -1.18. The molecule has 28 heavy (non-hydrogen) atoms. The van der Waals surface area contributed by atoms with Crippen molar-refractivity contribution in [2.24, 2.45) is 0 Å². The third-order valence-electron chi connectivity index (χ3n) is 4.59. The Labute approximate surface area is 169 Å². The number of carbonyl (C=O) groups excluding carboxylic acids is 1. The molecule has 1 unspecified atom stereocenters. The topological polar surface area (TPSA) is 76.2 Å². The normalized spacial score (nSPS) is 17.7. The standard InChI is InChI=1S/C19H21ClN2O5S/c1-21(26-2)28(24,25)17-9-5-15(6-10-17)19(23)22-11-12-27-18(13-22)14-3-7-16(20)8-4-14/h3-10,18H,11-13H2,1-2H3. The molecule has 0 saturated carbocycles. The molecule has 3 rings (SSSR count). The largest absolute Gasteiger partial charge is 0.370 e. The van der Waals surface area contributed by atoms with E-state index in [9.17, 15) is 13.2 Å². The summed E-state index contributed by atoms with van der Waals surface area (Å²) in [5.41, 5.74) is 1.36. The number of rotatable bonds is 5. The molecule has 0 bridgehead atoms. The Morgan fingerprint density at radius 1 is 1.18 bits per heavy atom. The number of hydrogen-bond donors (Lipinski definition) is 0. The van der Waals surface area contributed by atoms with Crippen LogP contribution in [0, 0.1) is 0 Å². The molecule has 0 spiro atoms. The molecular formula is C19H21ClN2O5S. The Hall–Kier alpha value is -1.97. The fourth-order valence-corrected chi connectivity index (χ4v) is 4.01. The third-order valence-corrected chi connectivity index (χ3v) is 6.54. The van der Waals surface area contributed by atoms with E-state index in [2.05, 4.69) is 0 Å². The molecule has 1 saturated heterocycles. The first-order valence-corrected chi connectivity index (χ1v) is 10.4. The van der Waals surface area contributed by atoms with Crippen LogP contribution in [0.15, 0.2) is 53.4 Å². The fraction of sp³-hybridized carbons (Fsp3) is 0.316. The number of ether oxygens (including phenoxy) is 1. The van der Waals surface area contributed by atoms with E-state index >= 15 is 0 Å². The van der Waals surface area contributed by atoms with Gasteiger partial charge >= 0.3 is 0 Å². The molecule has 0 aliphatic carbocycles. The minimum Gasteiger partial charge on any atom is -0.370 e. The van der Waals surface area contributed by atoms with Crippen molar-refractivity contribution >= 4 is 27.5 Å². The van der Waals surface area contributed by atoms with Crippen LogP contribution in [0.2, 0.25) is 5.02 Å². The number of sulfonamides is 1. The Balaban J connectivity index is 1.73. The van der Waals surface area contributed by atoms with Crippen molar-refractivity contribution in [1.82, 2.24) is 9.37 Å². The lowest BCUT2D eigenvalue weighted by atomic mass is 10.1. The summed E-state index contributed by atoms with van der Waals surface area (Å²) in [5, 5.41) is 0.640. The van der Waals surface area contributed by atoms with E-state index in [-0.39, 0.29) is 16.9 Å². The summed E-state index contributed by atoms with van der Waals surface area (Å²) >= 11 is 5.92. The Morgan fingerprint density at radius 3 is 2.43 bits per heavy atom. The van der Waals surface area contributed by atoms with Gasteiger partial charge < -0.3 is 9.64 Å². The van der Waals surface area contributed by atoms with E-state index in [4.69, 9.17) is 21.2 Å². The van der Waals surface area contributed by atoms with E-state index in [0.29, 0.717) is 30.3 Å². The smallest absolute Gasteiger partial charge is 0.264 e. The van der Waals surface area contributed by atoms with Crippen molar-refractivity contribution in [3.05, 3.63) is 64.7 Å². The van der Waals surface area contributed by atoms with Gasteiger partial charge in [0.05, 0.1) is 25.2 Å². The number of carbonyl (C=O) groups is 1. The van der Waals surface area contributed by atoms with Crippen LogP contribution >= 0.6 is 11.6 Å². The molecule has 2 aromatic carbocycles. The highest BCUT2D eigenvalue weighted by molar-refractivity contribution is 7.89. The molecule has 0 aromatic heterocycles.